The van der Waals surface area contributed by atoms with Gasteiger partial charge in [0.2, 0.25) is 0 Å². The smallest absolute Gasteiger partial charge is 0.317 e. The van der Waals surface area contributed by atoms with Crippen molar-refractivity contribution < 1.29 is 22.7 Å². The summed E-state index contributed by atoms with van der Waals surface area (Å²) in [6.07, 6.45) is 0.604. The zero-order chi connectivity index (χ0) is 21.7. The van der Waals surface area contributed by atoms with Gasteiger partial charge in [0.25, 0.3) is 10.0 Å². The van der Waals surface area contributed by atoms with Crippen LogP contribution in [0, 0.1) is 0 Å². The second kappa shape index (κ2) is 9.86. The minimum atomic E-state index is -3.57. The molecular formula is C19H24ClN3O5S2. The number of thiophene rings is 1. The van der Waals surface area contributed by atoms with Crippen molar-refractivity contribution in [2.24, 2.45) is 0 Å². The van der Waals surface area contributed by atoms with Gasteiger partial charge in [-0.15, -0.1) is 11.3 Å². The van der Waals surface area contributed by atoms with Crippen molar-refractivity contribution in [3.8, 4) is 11.5 Å². The van der Waals surface area contributed by atoms with Crippen LogP contribution in [0.15, 0.2) is 34.5 Å². The number of carbonyl (C=O) groups is 1. The van der Waals surface area contributed by atoms with Gasteiger partial charge in [-0.3, -0.25) is 0 Å². The summed E-state index contributed by atoms with van der Waals surface area (Å²) in [5.41, 5.74) is 0.962. The number of urea groups is 1. The van der Waals surface area contributed by atoms with Crippen molar-refractivity contribution in [2.45, 2.75) is 10.6 Å². The Kier molecular flexibility index (Phi) is 7.45. The highest BCUT2D eigenvalue weighted by Crippen LogP contribution is 2.28. The monoisotopic (exact) mass is 473 g/mol. The molecule has 1 aromatic heterocycles. The zero-order valence-electron chi connectivity index (χ0n) is 16.8. The summed E-state index contributed by atoms with van der Waals surface area (Å²) in [7, 11) is -0.388. The molecule has 2 amide bonds. The van der Waals surface area contributed by atoms with Crippen LogP contribution in [0.2, 0.25) is 4.34 Å². The number of methoxy groups -OCH3 is 2. The van der Waals surface area contributed by atoms with Gasteiger partial charge in [0.1, 0.15) is 15.7 Å². The topological polar surface area (TPSA) is 88.2 Å². The van der Waals surface area contributed by atoms with Gasteiger partial charge in [-0.1, -0.05) is 17.7 Å². The predicted molar refractivity (Wildman–Crippen MR) is 116 cm³/mol. The van der Waals surface area contributed by atoms with Gasteiger partial charge in [-0.2, -0.15) is 4.31 Å². The molecule has 0 bridgehead atoms. The van der Waals surface area contributed by atoms with Crippen molar-refractivity contribution in [1.82, 2.24) is 14.5 Å². The van der Waals surface area contributed by atoms with Crippen molar-refractivity contribution in [3.05, 3.63) is 40.2 Å². The van der Waals surface area contributed by atoms with E-state index in [4.69, 9.17) is 21.1 Å². The highest BCUT2D eigenvalue weighted by Gasteiger charge is 2.31. The fourth-order valence-electron chi connectivity index (χ4n) is 3.17. The molecule has 1 aliphatic rings. The molecule has 0 unspecified atom stereocenters. The maximum Gasteiger partial charge on any atom is 0.317 e. The van der Waals surface area contributed by atoms with E-state index < -0.39 is 10.0 Å². The third kappa shape index (κ3) is 5.18. The number of sulfonamides is 1. The Bertz CT molecular complexity index is 988. The van der Waals surface area contributed by atoms with Crippen LogP contribution in [0.4, 0.5) is 4.79 Å². The van der Waals surface area contributed by atoms with Gasteiger partial charge in [0, 0.05) is 38.8 Å². The molecule has 1 aromatic carbocycles. The van der Waals surface area contributed by atoms with Gasteiger partial charge < -0.3 is 19.7 Å². The van der Waals surface area contributed by atoms with E-state index in [1.54, 1.807) is 31.3 Å². The number of amides is 2. The molecule has 30 heavy (non-hydrogen) atoms. The van der Waals surface area contributed by atoms with E-state index in [0.717, 1.165) is 16.9 Å². The molecule has 0 saturated carbocycles. The Morgan fingerprint density at radius 1 is 1.13 bits per heavy atom. The summed E-state index contributed by atoms with van der Waals surface area (Å²) in [6, 6.07) is 8.43. The fourth-order valence-corrected chi connectivity index (χ4v) is 6.23. The molecule has 0 spiro atoms. The first-order valence-electron chi connectivity index (χ1n) is 9.34. The first-order chi connectivity index (χ1) is 14.3. The molecule has 1 fully saturated rings. The predicted octanol–water partition coefficient (Wildman–Crippen LogP) is 2.68. The Morgan fingerprint density at radius 2 is 1.87 bits per heavy atom. The number of hydrogen-bond donors (Lipinski definition) is 1. The summed E-state index contributed by atoms with van der Waals surface area (Å²) >= 11 is 6.89. The molecule has 2 heterocycles. The molecular weight excluding hydrogens is 450 g/mol. The largest absolute Gasteiger partial charge is 0.497 e. The second-order valence-corrected chi connectivity index (χ2v) is 10.5. The summed E-state index contributed by atoms with van der Waals surface area (Å²) in [5, 5.41) is 2.89. The molecule has 0 radical (unpaired) electrons. The van der Waals surface area contributed by atoms with Crippen LogP contribution in [0.3, 0.4) is 0 Å². The minimum absolute atomic E-state index is 0.210. The summed E-state index contributed by atoms with van der Waals surface area (Å²) in [4.78, 5) is 14.1. The van der Waals surface area contributed by atoms with Crippen molar-refractivity contribution in [1.29, 1.82) is 0 Å². The maximum atomic E-state index is 12.6. The lowest BCUT2D eigenvalue weighted by atomic mass is 10.1. The third-order valence-electron chi connectivity index (χ3n) is 4.83. The van der Waals surface area contributed by atoms with Crippen molar-refractivity contribution in [2.75, 3.05) is 46.9 Å². The number of piperazine rings is 1. The van der Waals surface area contributed by atoms with Gasteiger partial charge in [0.15, 0.2) is 0 Å². The molecule has 1 N–H and O–H groups in total. The van der Waals surface area contributed by atoms with Gasteiger partial charge in [-0.05, 0) is 30.2 Å². The van der Waals surface area contributed by atoms with E-state index in [0.29, 0.717) is 41.9 Å². The number of nitrogens with one attached hydrogen (secondary N) is 1. The molecule has 11 heteroatoms. The highest BCUT2D eigenvalue weighted by atomic mass is 35.5. The molecule has 1 aliphatic heterocycles. The average Bonchev–Trinajstić information content (AvgIpc) is 3.21. The number of halogens is 1. The van der Waals surface area contributed by atoms with Crippen LogP contribution < -0.4 is 14.8 Å². The number of ether oxygens (including phenoxy) is 2. The van der Waals surface area contributed by atoms with Crippen molar-refractivity contribution in [3.63, 3.8) is 0 Å². The summed E-state index contributed by atoms with van der Waals surface area (Å²) in [5.74, 6) is 1.41. The van der Waals surface area contributed by atoms with Crippen LogP contribution in [0.25, 0.3) is 0 Å². The van der Waals surface area contributed by atoms with Crippen LogP contribution in [0.1, 0.15) is 5.56 Å². The van der Waals surface area contributed by atoms with E-state index >= 15 is 0 Å². The summed E-state index contributed by atoms with van der Waals surface area (Å²) < 4.78 is 37.9. The summed E-state index contributed by atoms with van der Waals surface area (Å²) in [6.45, 7) is 1.59. The maximum absolute atomic E-state index is 12.6. The Balaban J connectivity index is 1.49. The second-order valence-electron chi connectivity index (χ2n) is 6.61. The minimum Gasteiger partial charge on any atom is -0.497 e. The van der Waals surface area contributed by atoms with E-state index in [1.165, 1.54) is 10.4 Å². The van der Waals surface area contributed by atoms with Crippen LogP contribution >= 0.6 is 22.9 Å². The molecule has 2 aromatic rings. The van der Waals surface area contributed by atoms with E-state index in [2.05, 4.69) is 5.32 Å². The van der Waals surface area contributed by atoms with Gasteiger partial charge >= 0.3 is 6.03 Å². The molecule has 164 valence electrons. The standard InChI is InChI=1S/C19H24ClN3O5S2/c1-27-15-4-3-14(16(13-15)28-2)7-8-21-19(24)22-9-11-23(12-10-22)30(25,26)18-6-5-17(20)29-18/h3-6,13H,7-12H2,1-2H3,(H,21,24). The van der Waals surface area contributed by atoms with E-state index in [1.807, 2.05) is 12.1 Å². The number of carbonyl (C=O) groups excluding carboxylic acids is 1. The van der Waals surface area contributed by atoms with E-state index in [9.17, 15) is 13.2 Å². The lowest BCUT2D eigenvalue weighted by molar-refractivity contribution is 0.172. The Hall–Kier alpha value is -2.01. The van der Waals surface area contributed by atoms with E-state index in [-0.39, 0.29) is 23.3 Å². The highest BCUT2D eigenvalue weighted by molar-refractivity contribution is 7.91. The molecule has 0 aliphatic carbocycles. The number of rotatable bonds is 7. The number of hydrogen-bond acceptors (Lipinski definition) is 6. The third-order valence-corrected chi connectivity index (χ3v) is 8.43. The fraction of sp³-hybridized carbons (Fsp3) is 0.421. The van der Waals surface area contributed by atoms with Crippen LogP contribution in [0.5, 0.6) is 11.5 Å². The molecule has 1 saturated heterocycles. The number of nitrogens with zero attached hydrogens (tertiary/aromatic N) is 2. The lowest BCUT2D eigenvalue weighted by Crippen LogP contribution is -2.53. The Morgan fingerprint density at radius 3 is 2.47 bits per heavy atom. The molecule has 0 atom stereocenters. The average molecular weight is 474 g/mol. The number of benzene rings is 1. The SMILES string of the molecule is COc1ccc(CCNC(=O)N2CCN(S(=O)(=O)c3ccc(Cl)s3)CC2)c(OC)c1. The Labute approximate surface area is 185 Å². The zero-order valence-corrected chi connectivity index (χ0v) is 19.1. The quantitative estimate of drug-likeness (QED) is 0.668. The lowest BCUT2D eigenvalue weighted by Gasteiger charge is -2.33. The van der Waals surface area contributed by atoms with Crippen molar-refractivity contribution >= 4 is 39.0 Å². The molecule has 3 rings (SSSR count). The first-order valence-corrected chi connectivity index (χ1v) is 12.0. The molecule has 8 nitrogen and oxygen atoms in total. The normalized spacial score (nSPS) is 15.1. The van der Waals surface area contributed by atoms with Gasteiger partial charge in [-0.25, -0.2) is 13.2 Å². The van der Waals surface area contributed by atoms with Gasteiger partial charge in [0.05, 0.1) is 18.6 Å². The van der Waals surface area contributed by atoms with Crippen LogP contribution in [-0.2, 0) is 16.4 Å². The first kappa shape index (κ1) is 22.7. The van der Waals surface area contributed by atoms with Crippen LogP contribution in [-0.4, -0.2) is 70.6 Å².